The quantitative estimate of drug-likeness (QED) is 0.536. The topological polar surface area (TPSA) is 70.2 Å². The fraction of sp³-hybridized carbons (Fsp3) is 0.263. The maximum absolute atomic E-state index is 12.8. The molecule has 0 saturated carbocycles. The monoisotopic (exact) mass is 309 g/mol. The van der Waals surface area contributed by atoms with Crippen molar-refractivity contribution in [3.8, 4) is 0 Å². The summed E-state index contributed by atoms with van der Waals surface area (Å²) in [6.07, 6.45) is 3.42. The summed E-state index contributed by atoms with van der Waals surface area (Å²) in [5.41, 5.74) is 2.81. The number of hydrogen-bond donors (Lipinski definition) is 2. The van der Waals surface area contributed by atoms with Gasteiger partial charge in [-0.25, -0.2) is 0 Å². The molecule has 0 radical (unpaired) electrons. The molecule has 1 aromatic heterocycles. The molecule has 0 spiro atoms. The van der Waals surface area contributed by atoms with Crippen LogP contribution in [-0.4, -0.2) is 16.1 Å². The molecule has 3 rings (SSSR count). The molecular weight excluding hydrogens is 290 g/mol. The van der Waals surface area contributed by atoms with Gasteiger partial charge in [0.2, 0.25) is 0 Å². The summed E-state index contributed by atoms with van der Waals surface area (Å²) in [6.45, 7) is 0. The Labute approximate surface area is 133 Å². The lowest BCUT2D eigenvalue weighted by Gasteiger charge is -2.08. The molecule has 23 heavy (non-hydrogen) atoms. The highest BCUT2D eigenvalue weighted by Gasteiger charge is 2.09. The zero-order chi connectivity index (χ0) is 16.2. The van der Waals surface area contributed by atoms with E-state index < -0.39 is 5.97 Å². The molecule has 1 heterocycles. The number of rotatable bonds is 6. The third-order valence-corrected chi connectivity index (χ3v) is 4.16. The summed E-state index contributed by atoms with van der Waals surface area (Å²) in [7, 11) is 0. The van der Waals surface area contributed by atoms with Crippen molar-refractivity contribution in [2.75, 3.05) is 0 Å². The van der Waals surface area contributed by atoms with E-state index in [1.165, 1.54) is 0 Å². The predicted molar refractivity (Wildman–Crippen MR) is 91.9 cm³/mol. The molecule has 4 heteroatoms. The van der Waals surface area contributed by atoms with E-state index in [0.29, 0.717) is 11.8 Å². The van der Waals surface area contributed by atoms with E-state index in [4.69, 9.17) is 5.11 Å². The summed E-state index contributed by atoms with van der Waals surface area (Å²) >= 11 is 0. The van der Waals surface area contributed by atoms with Crippen LogP contribution in [0.4, 0.5) is 0 Å². The molecule has 0 saturated heterocycles. The van der Waals surface area contributed by atoms with E-state index in [0.717, 1.165) is 41.2 Å². The van der Waals surface area contributed by atoms with Gasteiger partial charge in [-0.1, -0.05) is 30.7 Å². The van der Waals surface area contributed by atoms with Gasteiger partial charge in [0.1, 0.15) is 0 Å². The molecule has 0 bridgehead atoms. The molecule has 0 unspecified atom stereocenters. The molecule has 0 aliphatic carbocycles. The van der Waals surface area contributed by atoms with Gasteiger partial charge in [0, 0.05) is 22.7 Å². The number of carbonyl (C=O) groups is 1. The average molecular weight is 309 g/mol. The molecule has 0 aliphatic rings. The number of aromatic amines is 1. The Balaban J connectivity index is 1.90. The van der Waals surface area contributed by atoms with Gasteiger partial charge in [-0.3, -0.25) is 9.59 Å². The second-order valence-electron chi connectivity index (χ2n) is 5.79. The number of H-pyrrole nitrogens is 1. The van der Waals surface area contributed by atoms with E-state index >= 15 is 0 Å². The number of hydrogen-bond acceptors (Lipinski definition) is 2. The number of aromatic nitrogens is 1. The van der Waals surface area contributed by atoms with Crippen LogP contribution in [0.2, 0.25) is 0 Å². The maximum atomic E-state index is 12.8. The number of unbranched alkanes of at least 4 members (excludes halogenated alkanes) is 2. The van der Waals surface area contributed by atoms with Crippen LogP contribution in [0, 0.1) is 0 Å². The first kappa shape index (κ1) is 15.3. The third kappa shape index (κ3) is 3.26. The number of aryl methyl sites for hydroxylation is 1. The smallest absolute Gasteiger partial charge is 0.303 e. The molecular formula is C19H19NO3. The van der Waals surface area contributed by atoms with Gasteiger partial charge in [-0.05, 0) is 43.0 Å². The van der Waals surface area contributed by atoms with E-state index in [1.807, 2.05) is 42.5 Å². The Bertz CT molecular complexity index is 911. The second kappa shape index (κ2) is 6.65. The molecule has 2 N–H and O–H groups in total. The molecule has 0 fully saturated rings. The average Bonchev–Trinajstić information content (AvgIpc) is 2.54. The predicted octanol–water partition coefficient (Wildman–Crippen LogP) is 3.87. The first-order valence-electron chi connectivity index (χ1n) is 7.91. The number of aliphatic carboxylic acids is 1. The van der Waals surface area contributed by atoms with Crippen molar-refractivity contribution in [3.05, 3.63) is 58.3 Å². The van der Waals surface area contributed by atoms with Gasteiger partial charge in [-0.15, -0.1) is 0 Å². The van der Waals surface area contributed by atoms with Crippen LogP contribution in [0.5, 0.6) is 0 Å². The van der Waals surface area contributed by atoms with E-state index in [-0.39, 0.29) is 11.8 Å². The van der Waals surface area contributed by atoms with Gasteiger partial charge < -0.3 is 10.1 Å². The fourth-order valence-electron chi connectivity index (χ4n) is 3.02. The minimum absolute atomic E-state index is 0.0653. The molecule has 0 aliphatic heterocycles. The standard InChI is InChI=1S/C19H19NO3/c21-17(22)12-3-1-2-7-13-8-6-11-16-18(13)19(23)14-9-4-5-10-15(14)20-16/h4-6,8-11H,1-3,7,12H2,(H,20,23)(H,21,22). The number of fused-ring (bicyclic) bond motifs is 2. The Morgan fingerprint density at radius 2 is 1.74 bits per heavy atom. The van der Waals surface area contributed by atoms with Crippen LogP contribution in [0.15, 0.2) is 47.3 Å². The van der Waals surface area contributed by atoms with E-state index in [2.05, 4.69) is 4.98 Å². The van der Waals surface area contributed by atoms with E-state index in [1.54, 1.807) is 0 Å². The van der Waals surface area contributed by atoms with Gasteiger partial charge in [-0.2, -0.15) is 0 Å². The number of nitrogens with one attached hydrogen (secondary N) is 1. The van der Waals surface area contributed by atoms with Crippen molar-refractivity contribution >= 4 is 27.8 Å². The van der Waals surface area contributed by atoms with Crippen LogP contribution >= 0.6 is 0 Å². The molecule has 0 amide bonds. The summed E-state index contributed by atoms with van der Waals surface area (Å²) in [5.74, 6) is -0.752. The molecule has 3 aromatic rings. The zero-order valence-corrected chi connectivity index (χ0v) is 12.8. The van der Waals surface area contributed by atoms with Gasteiger partial charge in [0.25, 0.3) is 0 Å². The van der Waals surface area contributed by atoms with Gasteiger partial charge in [0.15, 0.2) is 5.43 Å². The second-order valence-corrected chi connectivity index (χ2v) is 5.79. The maximum Gasteiger partial charge on any atom is 0.303 e. The Morgan fingerprint density at radius 1 is 0.957 bits per heavy atom. The van der Waals surface area contributed by atoms with Crippen molar-refractivity contribution in [1.29, 1.82) is 0 Å². The highest BCUT2D eigenvalue weighted by Crippen LogP contribution is 2.20. The lowest BCUT2D eigenvalue weighted by atomic mass is 10.00. The normalized spacial score (nSPS) is 11.1. The molecule has 118 valence electrons. The SMILES string of the molecule is O=C(O)CCCCCc1cccc2[nH]c3ccccc3c(=O)c12. The van der Waals surface area contributed by atoms with E-state index in [9.17, 15) is 9.59 Å². The Hall–Kier alpha value is -2.62. The number of para-hydroxylation sites is 1. The highest BCUT2D eigenvalue weighted by atomic mass is 16.4. The summed E-state index contributed by atoms with van der Waals surface area (Å²) in [6, 6.07) is 13.4. The molecule has 0 atom stereocenters. The van der Waals surface area contributed by atoms with Crippen molar-refractivity contribution in [3.63, 3.8) is 0 Å². The van der Waals surface area contributed by atoms with Crippen molar-refractivity contribution in [1.82, 2.24) is 4.98 Å². The number of pyridine rings is 1. The summed E-state index contributed by atoms with van der Waals surface area (Å²) < 4.78 is 0. The van der Waals surface area contributed by atoms with Crippen LogP contribution in [0.1, 0.15) is 31.2 Å². The lowest BCUT2D eigenvalue weighted by Crippen LogP contribution is -2.07. The van der Waals surface area contributed by atoms with Crippen molar-refractivity contribution in [2.24, 2.45) is 0 Å². The number of carboxylic acid groups (broad SMARTS) is 1. The summed E-state index contributed by atoms with van der Waals surface area (Å²) in [4.78, 5) is 26.6. The van der Waals surface area contributed by atoms with Gasteiger partial charge in [0.05, 0.1) is 5.52 Å². The number of benzene rings is 2. The molecule has 4 nitrogen and oxygen atoms in total. The first-order valence-corrected chi connectivity index (χ1v) is 7.91. The third-order valence-electron chi connectivity index (χ3n) is 4.16. The fourth-order valence-corrected chi connectivity index (χ4v) is 3.02. The van der Waals surface area contributed by atoms with Crippen molar-refractivity contribution < 1.29 is 9.90 Å². The van der Waals surface area contributed by atoms with Crippen LogP contribution in [0.25, 0.3) is 21.8 Å². The van der Waals surface area contributed by atoms with Gasteiger partial charge >= 0.3 is 5.97 Å². The summed E-state index contributed by atoms with van der Waals surface area (Å²) in [5, 5.41) is 10.1. The number of carboxylic acids is 1. The van der Waals surface area contributed by atoms with Crippen molar-refractivity contribution in [2.45, 2.75) is 32.1 Å². The highest BCUT2D eigenvalue weighted by molar-refractivity contribution is 5.94. The van der Waals surface area contributed by atoms with Crippen LogP contribution in [-0.2, 0) is 11.2 Å². The first-order chi connectivity index (χ1) is 11.2. The Kier molecular flexibility index (Phi) is 4.42. The molecule has 2 aromatic carbocycles. The van der Waals surface area contributed by atoms with Crippen LogP contribution < -0.4 is 5.43 Å². The Morgan fingerprint density at radius 3 is 2.57 bits per heavy atom. The lowest BCUT2D eigenvalue weighted by molar-refractivity contribution is -0.137. The largest absolute Gasteiger partial charge is 0.481 e. The van der Waals surface area contributed by atoms with Crippen LogP contribution in [0.3, 0.4) is 0 Å². The minimum atomic E-state index is -0.752. The zero-order valence-electron chi connectivity index (χ0n) is 12.8. The minimum Gasteiger partial charge on any atom is -0.481 e.